The van der Waals surface area contributed by atoms with Gasteiger partial charge in [-0.25, -0.2) is 4.98 Å². The lowest BCUT2D eigenvalue weighted by atomic mass is 10.1. The molecule has 144 valence electrons. The Kier molecular flexibility index (Phi) is 5.77. The first-order valence-corrected chi connectivity index (χ1v) is 10.2. The van der Waals surface area contributed by atoms with Crippen LogP contribution in [0.2, 0.25) is 0 Å². The molecule has 0 fully saturated rings. The van der Waals surface area contributed by atoms with Crippen LogP contribution >= 0.6 is 11.8 Å². The maximum Gasteiger partial charge on any atom is 0.255 e. The van der Waals surface area contributed by atoms with E-state index < -0.39 is 0 Å². The van der Waals surface area contributed by atoms with Gasteiger partial charge in [0.05, 0.1) is 5.69 Å². The number of benzene rings is 3. The van der Waals surface area contributed by atoms with Crippen molar-refractivity contribution < 1.29 is 4.79 Å². The molecule has 4 aromatic rings. The van der Waals surface area contributed by atoms with Crippen molar-refractivity contribution >= 4 is 23.4 Å². The minimum atomic E-state index is -0.114. The summed E-state index contributed by atoms with van der Waals surface area (Å²) in [6.45, 7) is 2.72. The number of amides is 1. The molecule has 1 amide bonds. The quantitative estimate of drug-likeness (QED) is 0.456. The van der Waals surface area contributed by atoms with Gasteiger partial charge in [0, 0.05) is 34.3 Å². The summed E-state index contributed by atoms with van der Waals surface area (Å²) < 4.78 is 2.08. The van der Waals surface area contributed by atoms with Crippen molar-refractivity contribution in [1.82, 2.24) is 9.55 Å². The number of carbonyl (C=O) groups is 1. The van der Waals surface area contributed by atoms with Gasteiger partial charge in [-0.2, -0.15) is 0 Å². The first-order chi connectivity index (χ1) is 14.2. The summed E-state index contributed by atoms with van der Waals surface area (Å²) in [5, 5.41) is 3.05. The van der Waals surface area contributed by atoms with Crippen LogP contribution in [0.25, 0.3) is 0 Å². The van der Waals surface area contributed by atoms with Crippen molar-refractivity contribution in [2.75, 3.05) is 5.32 Å². The maximum atomic E-state index is 12.8. The van der Waals surface area contributed by atoms with E-state index in [-0.39, 0.29) is 5.91 Å². The van der Waals surface area contributed by atoms with Gasteiger partial charge < -0.3 is 9.88 Å². The lowest BCUT2D eigenvalue weighted by molar-refractivity contribution is 0.102. The summed E-state index contributed by atoms with van der Waals surface area (Å²) in [6, 6.07) is 25.7. The van der Waals surface area contributed by atoms with Crippen molar-refractivity contribution in [2.45, 2.75) is 23.3 Å². The number of hydrogen-bond acceptors (Lipinski definition) is 3. The maximum absolute atomic E-state index is 12.8. The molecular formula is C24H21N3OS. The van der Waals surface area contributed by atoms with Gasteiger partial charge in [-0.1, -0.05) is 54.2 Å². The predicted octanol–water partition coefficient (Wildman–Crippen LogP) is 5.64. The van der Waals surface area contributed by atoms with Crippen LogP contribution in [0.5, 0.6) is 0 Å². The molecular weight excluding hydrogens is 378 g/mol. The van der Waals surface area contributed by atoms with Crippen LogP contribution in [0.3, 0.4) is 0 Å². The Morgan fingerprint density at radius 1 is 0.966 bits per heavy atom. The second-order valence-corrected chi connectivity index (χ2v) is 7.78. The smallest absolute Gasteiger partial charge is 0.255 e. The minimum Gasteiger partial charge on any atom is -0.331 e. The van der Waals surface area contributed by atoms with E-state index in [1.807, 2.05) is 79.9 Å². The molecule has 0 unspecified atom stereocenters. The first-order valence-electron chi connectivity index (χ1n) is 9.39. The van der Waals surface area contributed by atoms with Crippen LogP contribution < -0.4 is 5.32 Å². The highest BCUT2D eigenvalue weighted by Gasteiger charge is 2.10. The van der Waals surface area contributed by atoms with Crippen LogP contribution in [0.4, 0.5) is 5.69 Å². The van der Waals surface area contributed by atoms with Crippen LogP contribution in [0.15, 0.2) is 101 Å². The zero-order valence-corrected chi connectivity index (χ0v) is 16.9. The van der Waals surface area contributed by atoms with E-state index in [4.69, 9.17) is 0 Å². The molecule has 0 spiro atoms. The van der Waals surface area contributed by atoms with Gasteiger partial charge in [0.25, 0.3) is 5.91 Å². The summed E-state index contributed by atoms with van der Waals surface area (Å²) in [7, 11) is 0. The van der Waals surface area contributed by atoms with Crippen molar-refractivity contribution in [3.05, 3.63) is 108 Å². The third-order valence-electron chi connectivity index (χ3n) is 4.60. The average Bonchev–Trinajstić information content (AvgIpc) is 3.15. The Bertz CT molecular complexity index is 1100. The number of aromatic nitrogens is 2. The number of imidazole rings is 1. The van der Waals surface area contributed by atoms with Gasteiger partial charge in [-0.3, -0.25) is 4.79 Å². The van der Waals surface area contributed by atoms with Gasteiger partial charge in [0.2, 0.25) is 0 Å². The fourth-order valence-electron chi connectivity index (χ4n) is 3.00. The Morgan fingerprint density at radius 2 is 1.69 bits per heavy atom. The van der Waals surface area contributed by atoms with Crippen LogP contribution in [0.1, 0.15) is 21.7 Å². The monoisotopic (exact) mass is 399 g/mol. The second kappa shape index (κ2) is 8.80. The lowest BCUT2D eigenvalue weighted by Crippen LogP contribution is -2.12. The second-order valence-electron chi connectivity index (χ2n) is 6.66. The summed E-state index contributed by atoms with van der Waals surface area (Å²) in [6.07, 6.45) is 3.75. The van der Waals surface area contributed by atoms with Crippen LogP contribution in [-0.4, -0.2) is 15.5 Å². The normalized spacial score (nSPS) is 10.7. The number of anilines is 1. The van der Waals surface area contributed by atoms with Gasteiger partial charge >= 0.3 is 0 Å². The Morgan fingerprint density at radius 3 is 2.41 bits per heavy atom. The molecule has 1 aromatic heterocycles. The van der Waals surface area contributed by atoms with Crippen molar-refractivity contribution in [3.8, 4) is 0 Å². The highest BCUT2D eigenvalue weighted by atomic mass is 32.2. The van der Waals surface area contributed by atoms with Crippen molar-refractivity contribution in [3.63, 3.8) is 0 Å². The Labute approximate surface area is 174 Å². The van der Waals surface area contributed by atoms with E-state index in [0.29, 0.717) is 5.56 Å². The molecule has 4 rings (SSSR count). The molecule has 0 saturated carbocycles. The number of para-hydroxylation sites is 1. The van der Waals surface area contributed by atoms with Gasteiger partial charge in [-0.05, 0) is 48.9 Å². The number of rotatable bonds is 6. The third-order valence-corrected chi connectivity index (χ3v) is 5.68. The molecule has 3 aromatic carbocycles. The summed E-state index contributed by atoms with van der Waals surface area (Å²) in [4.78, 5) is 19.2. The molecule has 4 nitrogen and oxygen atoms in total. The molecule has 29 heavy (non-hydrogen) atoms. The number of aryl methyl sites for hydroxylation is 1. The Hall–Kier alpha value is -3.31. The van der Waals surface area contributed by atoms with E-state index in [9.17, 15) is 4.79 Å². The number of hydrogen-bond donors (Lipinski definition) is 1. The van der Waals surface area contributed by atoms with Gasteiger partial charge in [0.1, 0.15) is 5.82 Å². The van der Waals surface area contributed by atoms with Gasteiger partial charge in [-0.15, -0.1) is 0 Å². The van der Waals surface area contributed by atoms with Crippen LogP contribution in [-0.2, 0) is 6.54 Å². The molecule has 0 aliphatic rings. The molecule has 0 aliphatic heterocycles. The predicted molar refractivity (Wildman–Crippen MR) is 117 cm³/mol. The summed E-state index contributed by atoms with van der Waals surface area (Å²) >= 11 is 1.63. The zero-order chi connectivity index (χ0) is 20.1. The topological polar surface area (TPSA) is 46.9 Å². The van der Waals surface area contributed by atoms with Gasteiger partial charge in [0.15, 0.2) is 0 Å². The molecule has 0 atom stereocenters. The van der Waals surface area contributed by atoms with E-state index >= 15 is 0 Å². The van der Waals surface area contributed by atoms with E-state index in [1.165, 1.54) is 0 Å². The third kappa shape index (κ3) is 4.76. The molecule has 0 saturated heterocycles. The molecule has 0 radical (unpaired) electrons. The highest BCUT2D eigenvalue weighted by Crippen LogP contribution is 2.33. The van der Waals surface area contributed by atoms with E-state index in [0.717, 1.165) is 33.4 Å². The van der Waals surface area contributed by atoms with Crippen molar-refractivity contribution in [1.29, 1.82) is 0 Å². The minimum absolute atomic E-state index is 0.114. The fourth-order valence-corrected chi connectivity index (χ4v) is 3.92. The number of nitrogens with zero attached hydrogens (tertiary/aromatic N) is 2. The number of nitrogens with one attached hydrogen (secondary N) is 1. The first kappa shape index (κ1) is 19.0. The Balaban J connectivity index is 1.46. The molecule has 1 N–H and O–H groups in total. The number of carbonyl (C=O) groups excluding carboxylic acids is 1. The summed E-state index contributed by atoms with van der Waals surface area (Å²) in [5.74, 6) is 0.857. The SMILES string of the molecule is Cc1nccn1Cc1ccc(C(=O)Nc2ccccc2Sc2ccccc2)cc1. The standard InChI is InChI=1S/C24H21N3OS/c1-18-25-15-16-27(18)17-19-11-13-20(14-12-19)24(28)26-22-9-5-6-10-23(22)29-21-7-3-2-4-8-21/h2-16H,17H2,1H3,(H,26,28). The fraction of sp³-hybridized carbons (Fsp3) is 0.0833. The highest BCUT2D eigenvalue weighted by molar-refractivity contribution is 7.99. The molecule has 0 bridgehead atoms. The zero-order valence-electron chi connectivity index (χ0n) is 16.1. The van der Waals surface area contributed by atoms with Crippen LogP contribution in [0, 0.1) is 6.92 Å². The molecule has 1 heterocycles. The van der Waals surface area contributed by atoms with E-state index in [1.54, 1.807) is 18.0 Å². The molecule has 0 aliphatic carbocycles. The van der Waals surface area contributed by atoms with E-state index in [2.05, 4.69) is 27.0 Å². The lowest BCUT2D eigenvalue weighted by Gasteiger charge is -2.11. The molecule has 5 heteroatoms. The summed E-state index contributed by atoms with van der Waals surface area (Å²) in [5.41, 5.74) is 2.57. The average molecular weight is 400 g/mol. The van der Waals surface area contributed by atoms with Crippen molar-refractivity contribution in [2.24, 2.45) is 0 Å². The largest absolute Gasteiger partial charge is 0.331 e.